The minimum Gasteiger partial charge on any atom is -0.378 e. The summed E-state index contributed by atoms with van der Waals surface area (Å²) < 4.78 is 7.27. The minimum atomic E-state index is 0.571. The summed E-state index contributed by atoms with van der Waals surface area (Å²) in [5, 5.41) is 8.14. The molecule has 2 aromatic rings. The summed E-state index contributed by atoms with van der Waals surface area (Å²) in [5.41, 5.74) is 5.99. The second-order valence-corrected chi connectivity index (χ2v) is 5.09. The Balaban J connectivity index is 2.12. The van der Waals surface area contributed by atoms with Gasteiger partial charge in [0.2, 0.25) is 0 Å². The predicted octanol–water partition coefficient (Wildman–Crippen LogP) is 2.60. The first-order valence-corrected chi connectivity index (χ1v) is 6.62. The van der Waals surface area contributed by atoms with E-state index in [-0.39, 0.29) is 0 Å². The van der Waals surface area contributed by atoms with Crippen molar-refractivity contribution < 1.29 is 4.74 Å². The standard InChI is InChI=1S/C15H19N3O/c1-10-4-5-14(11(2)8-10)18-15-12(6-7-16-15)13(17-18)9-19-3/h4-5,8,16H,6-7,9H2,1-3H3. The molecule has 100 valence electrons. The molecule has 1 aliphatic heterocycles. The molecule has 0 aliphatic carbocycles. The molecule has 19 heavy (non-hydrogen) atoms. The third kappa shape index (κ3) is 2.02. The number of ether oxygens (including phenoxy) is 1. The summed E-state index contributed by atoms with van der Waals surface area (Å²) in [7, 11) is 1.71. The maximum Gasteiger partial charge on any atom is 0.133 e. The van der Waals surface area contributed by atoms with Crippen LogP contribution in [0.5, 0.6) is 0 Å². The Labute approximate surface area is 113 Å². The summed E-state index contributed by atoms with van der Waals surface area (Å²) in [6, 6.07) is 6.45. The monoisotopic (exact) mass is 257 g/mol. The molecule has 4 nitrogen and oxygen atoms in total. The van der Waals surface area contributed by atoms with E-state index in [1.165, 1.54) is 16.7 Å². The van der Waals surface area contributed by atoms with E-state index in [2.05, 4.69) is 37.4 Å². The maximum absolute atomic E-state index is 5.25. The fourth-order valence-electron chi connectivity index (χ4n) is 2.72. The number of anilines is 1. The van der Waals surface area contributed by atoms with Gasteiger partial charge >= 0.3 is 0 Å². The van der Waals surface area contributed by atoms with Gasteiger partial charge in [0.15, 0.2) is 0 Å². The van der Waals surface area contributed by atoms with Crippen molar-refractivity contribution in [1.29, 1.82) is 0 Å². The predicted molar refractivity (Wildman–Crippen MR) is 75.9 cm³/mol. The highest BCUT2D eigenvalue weighted by Gasteiger charge is 2.23. The number of fused-ring (bicyclic) bond motifs is 1. The topological polar surface area (TPSA) is 39.1 Å². The Bertz CT molecular complexity index is 616. The molecule has 0 fully saturated rings. The number of rotatable bonds is 3. The van der Waals surface area contributed by atoms with Gasteiger partial charge in [-0.15, -0.1) is 0 Å². The molecule has 0 saturated heterocycles. The van der Waals surface area contributed by atoms with Crippen LogP contribution in [0, 0.1) is 13.8 Å². The van der Waals surface area contributed by atoms with E-state index in [1.54, 1.807) is 7.11 Å². The van der Waals surface area contributed by atoms with Crippen molar-refractivity contribution >= 4 is 5.82 Å². The molecule has 0 amide bonds. The normalized spacial score (nSPS) is 13.4. The van der Waals surface area contributed by atoms with Crippen LogP contribution in [-0.2, 0) is 17.8 Å². The first-order chi connectivity index (χ1) is 9.20. The van der Waals surface area contributed by atoms with Gasteiger partial charge in [-0.05, 0) is 31.9 Å². The van der Waals surface area contributed by atoms with Crippen molar-refractivity contribution in [2.75, 3.05) is 19.0 Å². The lowest BCUT2D eigenvalue weighted by Crippen LogP contribution is -2.06. The lowest BCUT2D eigenvalue weighted by atomic mass is 10.1. The molecule has 0 saturated carbocycles. The van der Waals surface area contributed by atoms with Crippen LogP contribution in [-0.4, -0.2) is 23.4 Å². The molecule has 0 unspecified atom stereocenters. The molecule has 2 heterocycles. The smallest absolute Gasteiger partial charge is 0.133 e. The Morgan fingerprint density at radius 2 is 2.21 bits per heavy atom. The molecule has 4 heteroatoms. The number of aromatic nitrogens is 2. The van der Waals surface area contributed by atoms with Crippen molar-refractivity contribution in [2.24, 2.45) is 0 Å². The minimum absolute atomic E-state index is 0.571. The zero-order valence-corrected chi connectivity index (χ0v) is 11.7. The third-order valence-corrected chi connectivity index (χ3v) is 3.60. The summed E-state index contributed by atoms with van der Waals surface area (Å²) in [4.78, 5) is 0. The molecule has 1 aliphatic rings. The summed E-state index contributed by atoms with van der Waals surface area (Å²) >= 11 is 0. The molecule has 1 aromatic heterocycles. The quantitative estimate of drug-likeness (QED) is 0.918. The van der Waals surface area contributed by atoms with Gasteiger partial charge in [-0.1, -0.05) is 17.7 Å². The van der Waals surface area contributed by atoms with E-state index >= 15 is 0 Å². The van der Waals surface area contributed by atoms with E-state index in [1.807, 2.05) is 4.68 Å². The number of benzene rings is 1. The molecule has 0 spiro atoms. The lowest BCUT2D eigenvalue weighted by molar-refractivity contribution is 0.180. The first kappa shape index (κ1) is 12.2. The molecular weight excluding hydrogens is 238 g/mol. The van der Waals surface area contributed by atoms with E-state index in [4.69, 9.17) is 9.84 Å². The number of nitrogens with zero attached hydrogens (tertiary/aromatic N) is 2. The van der Waals surface area contributed by atoms with Gasteiger partial charge in [0.25, 0.3) is 0 Å². The second-order valence-electron chi connectivity index (χ2n) is 5.09. The Morgan fingerprint density at radius 1 is 1.37 bits per heavy atom. The van der Waals surface area contributed by atoms with Crippen molar-refractivity contribution in [3.05, 3.63) is 40.6 Å². The van der Waals surface area contributed by atoms with Gasteiger partial charge in [-0.25, -0.2) is 4.68 Å². The van der Waals surface area contributed by atoms with E-state index in [0.717, 1.165) is 30.2 Å². The molecule has 1 N–H and O–H groups in total. The third-order valence-electron chi connectivity index (χ3n) is 3.60. The van der Waals surface area contributed by atoms with Crippen LogP contribution in [0.4, 0.5) is 5.82 Å². The highest BCUT2D eigenvalue weighted by Crippen LogP contribution is 2.30. The number of hydrogen-bond donors (Lipinski definition) is 1. The van der Waals surface area contributed by atoms with Gasteiger partial charge in [-0.2, -0.15) is 5.10 Å². The number of nitrogens with one attached hydrogen (secondary N) is 1. The largest absolute Gasteiger partial charge is 0.378 e. The lowest BCUT2D eigenvalue weighted by Gasteiger charge is -2.10. The Hall–Kier alpha value is -1.81. The Morgan fingerprint density at radius 3 is 2.95 bits per heavy atom. The van der Waals surface area contributed by atoms with Crippen LogP contribution in [0.25, 0.3) is 5.69 Å². The highest BCUT2D eigenvalue weighted by molar-refractivity contribution is 5.58. The number of hydrogen-bond acceptors (Lipinski definition) is 3. The van der Waals surface area contributed by atoms with E-state index in [9.17, 15) is 0 Å². The van der Waals surface area contributed by atoms with Gasteiger partial charge < -0.3 is 10.1 Å². The Kier molecular flexibility index (Phi) is 3.03. The van der Waals surface area contributed by atoms with Crippen LogP contribution in [0.3, 0.4) is 0 Å². The SMILES string of the molecule is COCc1nn(-c2ccc(C)cc2C)c2c1CCN2. The first-order valence-electron chi connectivity index (χ1n) is 6.62. The van der Waals surface area contributed by atoms with Gasteiger partial charge in [-0.3, -0.25) is 0 Å². The fraction of sp³-hybridized carbons (Fsp3) is 0.400. The number of aryl methyl sites for hydroxylation is 2. The highest BCUT2D eigenvalue weighted by atomic mass is 16.5. The number of methoxy groups -OCH3 is 1. The summed E-state index contributed by atoms with van der Waals surface area (Å²) in [6.45, 7) is 5.79. The van der Waals surface area contributed by atoms with Crippen molar-refractivity contribution in [2.45, 2.75) is 26.9 Å². The molecular formula is C15H19N3O. The van der Waals surface area contributed by atoms with Crippen molar-refractivity contribution in [1.82, 2.24) is 9.78 Å². The van der Waals surface area contributed by atoms with Crippen LogP contribution in [0.1, 0.15) is 22.4 Å². The van der Waals surface area contributed by atoms with Gasteiger partial charge in [0.05, 0.1) is 18.0 Å². The summed E-state index contributed by atoms with van der Waals surface area (Å²) in [6.07, 6.45) is 1.03. The van der Waals surface area contributed by atoms with E-state index in [0.29, 0.717) is 6.61 Å². The van der Waals surface area contributed by atoms with Crippen LogP contribution >= 0.6 is 0 Å². The molecule has 0 radical (unpaired) electrons. The molecule has 0 bridgehead atoms. The van der Waals surface area contributed by atoms with Crippen molar-refractivity contribution in [3.8, 4) is 5.69 Å². The average molecular weight is 257 g/mol. The van der Waals surface area contributed by atoms with Gasteiger partial charge in [0.1, 0.15) is 5.82 Å². The average Bonchev–Trinajstić information content (AvgIpc) is 2.94. The maximum atomic E-state index is 5.25. The molecule has 1 aromatic carbocycles. The summed E-state index contributed by atoms with van der Waals surface area (Å²) in [5.74, 6) is 1.12. The van der Waals surface area contributed by atoms with Crippen LogP contribution < -0.4 is 5.32 Å². The zero-order chi connectivity index (χ0) is 13.4. The van der Waals surface area contributed by atoms with Gasteiger partial charge in [0, 0.05) is 19.2 Å². The van der Waals surface area contributed by atoms with Crippen LogP contribution in [0.2, 0.25) is 0 Å². The zero-order valence-electron chi connectivity index (χ0n) is 11.7. The van der Waals surface area contributed by atoms with E-state index < -0.39 is 0 Å². The van der Waals surface area contributed by atoms with Crippen molar-refractivity contribution in [3.63, 3.8) is 0 Å². The fourth-order valence-corrected chi connectivity index (χ4v) is 2.72. The second kappa shape index (κ2) is 4.70. The molecule has 0 atom stereocenters. The van der Waals surface area contributed by atoms with Crippen LogP contribution in [0.15, 0.2) is 18.2 Å². The molecule has 3 rings (SSSR count).